The van der Waals surface area contributed by atoms with Crippen LogP contribution in [0.1, 0.15) is 16.8 Å². The van der Waals surface area contributed by atoms with E-state index in [1.807, 2.05) is 61.5 Å². The molecule has 24 heavy (non-hydrogen) atoms. The number of anilines is 1. The number of oxazole rings is 1. The number of rotatable bonds is 4. The van der Waals surface area contributed by atoms with E-state index in [9.17, 15) is 5.26 Å². The maximum Gasteiger partial charge on any atom is 0.252 e. The van der Waals surface area contributed by atoms with E-state index in [0.29, 0.717) is 5.89 Å². The fourth-order valence-electron chi connectivity index (χ4n) is 2.03. The van der Waals surface area contributed by atoms with Crippen molar-refractivity contribution in [2.24, 2.45) is 5.10 Å². The fourth-order valence-corrected chi connectivity index (χ4v) is 2.42. The first-order valence-corrected chi connectivity index (χ1v) is 7.98. The lowest BCUT2D eigenvalue weighted by Crippen LogP contribution is -1.92. The van der Waals surface area contributed by atoms with Crippen LogP contribution in [0.4, 0.5) is 5.88 Å². The van der Waals surface area contributed by atoms with Crippen LogP contribution < -0.4 is 5.43 Å². The van der Waals surface area contributed by atoms with Crippen molar-refractivity contribution in [2.75, 3.05) is 5.43 Å². The van der Waals surface area contributed by atoms with Crippen LogP contribution in [0.2, 0.25) is 0 Å². The van der Waals surface area contributed by atoms with Crippen LogP contribution in [0.5, 0.6) is 0 Å². The minimum absolute atomic E-state index is 0.162. The van der Waals surface area contributed by atoms with Gasteiger partial charge in [-0.05, 0) is 25.1 Å². The predicted molar refractivity (Wildman–Crippen MR) is 96.7 cm³/mol. The molecule has 0 aliphatic rings. The first kappa shape index (κ1) is 16.0. The summed E-state index contributed by atoms with van der Waals surface area (Å²) in [6.07, 6.45) is 1.64. The van der Waals surface area contributed by atoms with E-state index in [4.69, 9.17) is 4.42 Å². The molecule has 2 aromatic carbocycles. The van der Waals surface area contributed by atoms with Crippen molar-refractivity contribution in [2.45, 2.75) is 6.92 Å². The number of hydrazone groups is 1. The van der Waals surface area contributed by atoms with Crippen LogP contribution in [-0.2, 0) is 0 Å². The van der Waals surface area contributed by atoms with E-state index in [-0.39, 0.29) is 11.6 Å². The predicted octanol–water partition coefficient (Wildman–Crippen LogP) is 4.73. The minimum Gasteiger partial charge on any atom is -0.417 e. The zero-order valence-corrected chi connectivity index (χ0v) is 14.4. The highest BCUT2D eigenvalue weighted by Gasteiger charge is 2.13. The van der Waals surface area contributed by atoms with Crippen LogP contribution in [0, 0.1) is 18.3 Å². The Hall–Kier alpha value is -2.91. The summed E-state index contributed by atoms with van der Waals surface area (Å²) in [5.74, 6) is 0.599. The quantitative estimate of drug-likeness (QED) is 0.524. The van der Waals surface area contributed by atoms with Gasteiger partial charge in [0.05, 0.1) is 6.21 Å². The molecule has 1 aromatic heterocycles. The average molecular weight is 381 g/mol. The highest BCUT2D eigenvalue weighted by Crippen LogP contribution is 2.25. The topological polar surface area (TPSA) is 74.2 Å². The largest absolute Gasteiger partial charge is 0.417 e. The Morgan fingerprint density at radius 3 is 2.67 bits per heavy atom. The molecule has 0 fully saturated rings. The van der Waals surface area contributed by atoms with Crippen molar-refractivity contribution in [3.63, 3.8) is 0 Å². The molecule has 0 amide bonds. The molecule has 0 aliphatic carbocycles. The standard InChI is InChI=1S/C18H13BrN4O/c1-12-6-8-13(9-7-12)17-22-16(10-20)18(24-17)23-21-11-14-4-2-3-5-15(14)19/h2-9,11,23H,1H3/b21-11+. The molecule has 0 atom stereocenters. The van der Waals surface area contributed by atoms with E-state index in [2.05, 4.69) is 31.4 Å². The number of aromatic nitrogens is 1. The highest BCUT2D eigenvalue weighted by atomic mass is 79.9. The molecular formula is C18H13BrN4O. The SMILES string of the molecule is Cc1ccc(-c2nc(C#N)c(N/N=C/c3ccccc3Br)o2)cc1. The van der Waals surface area contributed by atoms with E-state index in [0.717, 1.165) is 21.2 Å². The summed E-state index contributed by atoms with van der Waals surface area (Å²) in [6.45, 7) is 2.00. The maximum atomic E-state index is 9.21. The molecule has 0 saturated carbocycles. The van der Waals surface area contributed by atoms with E-state index < -0.39 is 0 Å². The summed E-state index contributed by atoms with van der Waals surface area (Å²) in [5.41, 5.74) is 5.75. The lowest BCUT2D eigenvalue weighted by Gasteiger charge is -1.98. The Morgan fingerprint density at radius 1 is 1.21 bits per heavy atom. The first-order valence-electron chi connectivity index (χ1n) is 7.19. The van der Waals surface area contributed by atoms with Crippen LogP contribution in [0.25, 0.3) is 11.5 Å². The van der Waals surface area contributed by atoms with Crippen molar-refractivity contribution in [1.82, 2.24) is 4.98 Å². The van der Waals surface area contributed by atoms with Gasteiger partial charge in [0.1, 0.15) is 6.07 Å². The van der Waals surface area contributed by atoms with Gasteiger partial charge in [-0.15, -0.1) is 0 Å². The fraction of sp³-hybridized carbons (Fsp3) is 0.0556. The van der Waals surface area contributed by atoms with Crippen molar-refractivity contribution in [1.29, 1.82) is 5.26 Å². The monoisotopic (exact) mass is 380 g/mol. The number of halogens is 1. The maximum absolute atomic E-state index is 9.21. The number of hydrogen-bond donors (Lipinski definition) is 1. The molecule has 3 rings (SSSR count). The molecule has 0 bridgehead atoms. The number of nitrogens with one attached hydrogen (secondary N) is 1. The summed E-state index contributed by atoms with van der Waals surface area (Å²) in [5, 5.41) is 13.3. The Kier molecular flexibility index (Phi) is 4.73. The van der Waals surface area contributed by atoms with Gasteiger partial charge in [0, 0.05) is 15.6 Å². The molecular weight excluding hydrogens is 368 g/mol. The third-order valence-electron chi connectivity index (χ3n) is 3.31. The van der Waals surface area contributed by atoms with Gasteiger partial charge in [0.15, 0.2) is 0 Å². The first-order chi connectivity index (χ1) is 11.7. The number of nitrogens with zero attached hydrogens (tertiary/aromatic N) is 3. The summed E-state index contributed by atoms with van der Waals surface area (Å²) >= 11 is 3.44. The second-order valence-corrected chi connectivity index (χ2v) is 5.92. The molecule has 0 saturated heterocycles. The normalized spacial score (nSPS) is 10.7. The van der Waals surface area contributed by atoms with Gasteiger partial charge in [0.2, 0.25) is 11.6 Å². The minimum atomic E-state index is 0.162. The third-order valence-corrected chi connectivity index (χ3v) is 4.03. The number of hydrogen-bond acceptors (Lipinski definition) is 5. The summed E-state index contributed by atoms with van der Waals surface area (Å²) in [6, 6.07) is 17.4. The molecule has 0 radical (unpaired) electrons. The molecule has 0 unspecified atom stereocenters. The summed E-state index contributed by atoms with van der Waals surface area (Å²) in [4.78, 5) is 4.20. The van der Waals surface area contributed by atoms with E-state index in [1.54, 1.807) is 6.21 Å². The summed E-state index contributed by atoms with van der Waals surface area (Å²) in [7, 11) is 0. The molecule has 3 aromatic rings. The van der Waals surface area contributed by atoms with Crippen LogP contribution in [0.3, 0.4) is 0 Å². The summed E-state index contributed by atoms with van der Waals surface area (Å²) < 4.78 is 6.55. The van der Waals surface area contributed by atoms with Crippen molar-refractivity contribution in [3.8, 4) is 17.5 Å². The second kappa shape index (κ2) is 7.11. The Balaban J connectivity index is 1.82. The van der Waals surface area contributed by atoms with Crippen LogP contribution in [0.15, 0.2) is 62.5 Å². The second-order valence-electron chi connectivity index (χ2n) is 5.07. The van der Waals surface area contributed by atoms with Gasteiger partial charge < -0.3 is 4.42 Å². The highest BCUT2D eigenvalue weighted by molar-refractivity contribution is 9.10. The Morgan fingerprint density at radius 2 is 1.96 bits per heavy atom. The molecule has 6 heteroatoms. The number of aryl methyl sites for hydroxylation is 1. The third kappa shape index (κ3) is 3.53. The van der Waals surface area contributed by atoms with Gasteiger partial charge >= 0.3 is 0 Å². The van der Waals surface area contributed by atoms with Gasteiger partial charge in [-0.2, -0.15) is 15.3 Å². The Labute approximate surface area is 147 Å². The number of nitriles is 1. The van der Waals surface area contributed by atoms with Crippen molar-refractivity contribution < 1.29 is 4.42 Å². The van der Waals surface area contributed by atoms with Gasteiger partial charge in [0.25, 0.3) is 5.88 Å². The van der Waals surface area contributed by atoms with Crippen molar-refractivity contribution in [3.05, 3.63) is 69.8 Å². The molecule has 5 nitrogen and oxygen atoms in total. The zero-order chi connectivity index (χ0) is 16.9. The van der Waals surface area contributed by atoms with Gasteiger partial charge in [-0.3, -0.25) is 0 Å². The van der Waals surface area contributed by atoms with Crippen LogP contribution in [-0.4, -0.2) is 11.2 Å². The van der Waals surface area contributed by atoms with E-state index in [1.165, 1.54) is 0 Å². The average Bonchev–Trinajstić information content (AvgIpc) is 3.00. The molecule has 0 spiro atoms. The van der Waals surface area contributed by atoms with Crippen LogP contribution >= 0.6 is 15.9 Å². The zero-order valence-electron chi connectivity index (χ0n) is 12.8. The molecule has 0 aliphatic heterocycles. The Bertz CT molecular complexity index is 923. The lowest BCUT2D eigenvalue weighted by atomic mass is 10.1. The molecule has 118 valence electrons. The van der Waals surface area contributed by atoms with E-state index >= 15 is 0 Å². The molecule has 1 N–H and O–H groups in total. The smallest absolute Gasteiger partial charge is 0.252 e. The van der Waals surface area contributed by atoms with Gasteiger partial charge in [-0.25, -0.2) is 5.43 Å². The van der Waals surface area contributed by atoms with Crippen molar-refractivity contribution >= 4 is 28.0 Å². The van der Waals surface area contributed by atoms with Gasteiger partial charge in [-0.1, -0.05) is 51.8 Å². The lowest BCUT2D eigenvalue weighted by molar-refractivity contribution is 0.587. The number of benzene rings is 2. The molecule has 1 heterocycles.